The molecule has 31 heavy (non-hydrogen) atoms. The van der Waals surface area contributed by atoms with Crippen LogP contribution in [0, 0.1) is 5.41 Å². The van der Waals surface area contributed by atoms with Crippen molar-refractivity contribution in [3.63, 3.8) is 0 Å². The lowest BCUT2D eigenvalue weighted by atomic mass is 9.89. The van der Waals surface area contributed by atoms with E-state index in [0.29, 0.717) is 6.42 Å². The second-order valence-corrected chi connectivity index (χ2v) is 7.59. The Kier molecular flexibility index (Phi) is 5.84. The third kappa shape index (κ3) is 4.28. The summed E-state index contributed by atoms with van der Waals surface area (Å²) in [5, 5.41) is 3.61. The Morgan fingerprint density at radius 3 is 2.48 bits per heavy atom. The molecule has 0 unspecified atom stereocenters. The molecule has 3 aromatic rings. The molecule has 0 N–H and O–H groups in total. The van der Waals surface area contributed by atoms with Gasteiger partial charge in [-0.2, -0.15) is 17.7 Å². The molecule has 0 aliphatic carbocycles. The average Bonchev–Trinajstić information content (AvgIpc) is 3.13. The minimum Gasteiger partial charge on any atom is -0.295 e. The molecular weight excluding hydrogens is 418 g/mol. The van der Waals surface area contributed by atoms with E-state index in [2.05, 4.69) is 14.7 Å². The highest BCUT2D eigenvalue weighted by Crippen LogP contribution is 2.38. The summed E-state index contributed by atoms with van der Waals surface area (Å²) in [6, 6.07) is 5.76. The fourth-order valence-electron chi connectivity index (χ4n) is 2.93. The Bertz CT molecular complexity index is 1180. The summed E-state index contributed by atoms with van der Waals surface area (Å²) in [5.41, 5.74) is -2.15. The largest absolute Gasteiger partial charge is 0.448 e. The molecule has 0 bridgehead atoms. The Hall–Kier alpha value is -3.30. The number of rotatable bonds is 5. The van der Waals surface area contributed by atoms with E-state index >= 15 is 0 Å². The smallest absolute Gasteiger partial charge is 0.295 e. The SMILES string of the molecule is CCC(C)(C)C(=O)n1c(-c2cc(-c3ccc(CF)cc3C(F)(F)F)ccn2)noc1=O. The molecule has 0 amide bonds. The van der Waals surface area contributed by atoms with Gasteiger partial charge in [-0.05, 0) is 41.3 Å². The van der Waals surface area contributed by atoms with Gasteiger partial charge in [-0.3, -0.25) is 14.3 Å². The number of hydrogen-bond donors (Lipinski definition) is 0. The van der Waals surface area contributed by atoms with E-state index in [1.54, 1.807) is 20.8 Å². The number of pyridine rings is 1. The number of carbonyl (C=O) groups is 1. The first-order valence-corrected chi connectivity index (χ1v) is 9.36. The number of benzene rings is 1. The second-order valence-electron chi connectivity index (χ2n) is 7.59. The van der Waals surface area contributed by atoms with Gasteiger partial charge in [-0.15, -0.1) is 0 Å². The predicted octanol–water partition coefficient (Wildman–Crippen LogP) is 5.13. The maximum absolute atomic E-state index is 13.6. The summed E-state index contributed by atoms with van der Waals surface area (Å²) in [7, 11) is 0. The van der Waals surface area contributed by atoms with Crippen LogP contribution in [-0.2, 0) is 12.9 Å². The van der Waals surface area contributed by atoms with Gasteiger partial charge in [-0.25, -0.2) is 9.18 Å². The Morgan fingerprint density at radius 1 is 1.16 bits per heavy atom. The first kappa shape index (κ1) is 22.4. The maximum atomic E-state index is 13.6. The molecule has 6 nitrogen and oxygen atoms in total. The lowest BCUT2D eigenvalue weighted by molar-refractivity contribution is -0.137. The number of hydrogen-bond acceptors (Lipinski definition) is 5. The maximum Gasteiger partial charge on any atom is 0.448 e. The number of carbonyl (C=O) groups excluding carboxylic acids is 1. The molecule has 0 aliphatic heterocycles. The van der Waals surface area contributed by atoms with Crippen LogP contribution < -0.4 is 5.76 Å². The van der Waals surface area contributed by atoms with Crippen molar-refractivity contribution < 1.29 is 26.9 Å². The number of aromatic nitrogens is 3. The van der Waals surface area contributed by atoms with Crippen molar-refractivity contribution in [2.45, 2.75) is 40.0 Å². The van der Waals surface area contributed by atoms with Crippen molar-refractivity contribution in [1.29, 1.82) is 0 Å². The molecule has 10 heteroatoms. The van der Waals surface area contributed by atoms with Crippen molar-refractivity contribution in [3.8, 4) is 22.6 Å². The standard InChI is InChI=1S/C21H19F4N3O3/c1-4-20(2,3)18(29)28-17(27-31-19(28)30)16-10-13(7-8-26-16)14-6-5-12(11-22)9-15(14)21(23,24)25/h5-10H,4,11H2,1-3H3. The van der Waals surface area contributed by atoms with E-state index in [4.69, 9.17) is 0 Å². The van der Waals surface area contributed by atoms with Gasteiger partial charge >= 0.3 is 11.9 Å². The number of halogens is 4. The van der Waals surface area contributed by atoms with E-state index in [1.807, 2.05) is 0 Å². The third-order valence-corrected chi connectivity index (χ3v) is 5.11. The molecule has 2 heterocycles. The summed E-state index contributed by atoms with van der Waals surface area (Å²) in [5.74, 6) is -1.81. The van der Waals surface area contributed by atoms with Crippen molar-refractivity contribution in [2.75, 3.05) is 0 Å². The monoisotopic (exact) mass is 437 g/mol. The Morgan fingerprint density at radius 2 is 1.87 bits per heavy atom. The van der Waals surface area contributed by atoms with Crippen LogP contribution in [0.4, 0.5) is 17.6 Å². The van der Waals surface area contributed by atoms with Crippen LogP contribution >= 0.6 is 0 Å². The molecule has 0 aliphatic rings. The van der Waals surface area contributed by atoms with Crippen molar-refractivity contribution in [2.24, 2.45) is 5.41 Å². The first-order valence-electron chi connectivity index (χ1n) is 9.36. The van der Waals surface area contributed by atoms with E-state index in [9.17, 15) is 27.2 Å². The molecule has 164 valence electrons. The second kappa shape index (κ2) is 8.09. The van der Waals surface area contributed by atoms with Gasteiger partial charge in [-0.1, -0.05) is 38.1 Å². The zero-order chi connectivity index (χ0) is 23.0. The van der Waals surface area contributed by atoms with Crippen molar-refractivity contribution in [1.82, 2.24) is 14.7 Å². The fourth-order valence-corrected chi connectivity index (χ4v) is 2.93. The minimum absolute atomic E-state index is 0.0219. The summed E-state index contributed by atoms with van der Waals surface area (Å²) in [6.45, 7) is 4.02. The summed E-state index contributed by atoms with van der Waals surface area (Å²) in [4.78, 5) is 29.0. The zero-order valence-electron chi connectivity index (χ0n) is 17.0. The summed E-state index contributed by atoms with van der Waals surface area (Å²) >= 11 is 0. The van der Waals surface area contributed by atoms with Crippen LogP contribution in [0.3, 0.4) is 0 Å². The van der Waals surface area contributed by atoms with Crippen molar-refractivity contribution in [3.05, 3.63) is 58.2 Å². The van der Waals surface area contributed by atoms with Crippen LogP contribution in [0.15, 0.2) is 45.8 Å². The lowest BCUT2D eigenvalue weighted by Gasteiger charge is -2.20. The molecule has 3 rings (SSSR count). The third-order valence-electron chi connectivity index (χ3n) is 5.11. The van der Waals surface area contributed by atoms with Gasteiger partial charge < -0.3 is 0 Å². The zero-order valence-corrected chi connectivity index (χ0v) is 17.0. The van der Waals surface area contributed by atoms with E-state index < -0.39 is 35.5 Å². The van der Waals surface area contributed by atoms with Gasteiger partial charge in [0.05, 0.1) is 5.56 Å². The first-order chi connectivity index (χ1) is 14.5. The Balaban J connectivity index is 2.16. The molecule has 0 spiro atoms. The highest BCUT2D eigenvalue weighted by molar-refractivity contribution is 5.87. The van der Waals surface area contributed by atoms with Crippen LogP contribution in [-0.4, -0.2) is 20.6 Å². The molecule has 0 radical (unpaired) electrons. The van der Waals surface area contributed by atoms with Crippen LogP contribution in [0.25, 0.3) is 22.6 Å². The summed E-state index contributed by atoms with van der Waals surface area (Å²) < 4.78 is 59.0. The predicted molar refractivity (Wildman–Crippen MR) is 104 cm³/mol. The van der Waals surface area contributed by atoms with Crippen LogP contribution in [0.1, 0.15) is 43.1 Å². The Labute approximate surface area is 174 Å². The van der Waals surface area contributed by atoms with Gasteiger partial charge in [0.2, 0.25) is 11.7 Å². The molecular formula is C21H19F4N3O3. The van der Waals surface area contributed by atoms with Crippen molar-refractivity contribution >= 4 is 5.91 Å². The van der Waals surface area contributed by atoms with Crippen LogP contribution in [0.5, 0.6) is 0 Å². The van der Waals surface area contributed by atoms with Gasteiger partial charge in [0.25, 0.3) is 0 Å². The van der Waals surface area contributed by atoms with E-state index in [-0.39, 0.29) is 28.2 Å². The van der Waals surface area contributed by atoms with E-state index in [0.717, 1.165) is 16.7 Å². The fraction of sp³-hybridized carbons (Fsp3) is 0.333. The molecule has 1 aromatic carbocycles. The average molecular weight is 437 g/mol. The van der Waals surface area contributed by atoms with E-state index in [1.165, 1.54) is 24.4 Å². The lowest BCUT2D eigenvalue weighted by Crippen LogP contribution is -2.35. The van der Waals surface area contributed by atoms with Gasteiger partial charge in [0.1, 0.15) is 12.4 Å². The quantitative estimate of drug-likeness (QED) is 0.517. The highest BCUT2D eigenvalue weighted by atomic mass is 19.4. The molecule has 2 aromatic heterocycles. The topological polar surface area (TPSA) is 78.0 Å². The minimum atomic E-state index is -4.72. The highest BCUT2D eigenvalue weighted by Gasteiger charge is 2.35. The summed E-state index contributed by atoms with van der Waals surface area (Å²) in [6.07, 6.45) is -3.07. The number of nitrogens with zero attached hydrogens (tertiary/aromatic N) is 3. The van der Waals surface area contributed by atoms with Gasteiger partial charge in [0.15, 0.2) is 0 Å². The molecule has 0 saturated carbocycles. The number of alkyl halides is 4. The van der Waals surface area contributed by atoms with Gasteiger partial charge in [0, 0.05) is 11.6 Å². The molecule has 0 fully saturated rings. The molecule has 0 saturated heterocycles. The molecule has 0 atom stereocenters. The van der Waals surface area contributed by atoms with Crippen LogP contribution in [0.2, 0.25) is 0 Å². The normalized spacial score (nSPS) is 12.2.